The molecule has 0 spiro atoms. The van der Waals surface area contributed by atoms with E-state index in [1.165, 1.54) is 11.6 Å². The summed E-state index contributed by atoms with van der Waals surface area (Å²) in [6.45, 7) is 2.36. The van der Waals surface area contributed by atoms with Crippen LogP contribution in [0.2, 0.25) is 0 Å². The number of rotatable bonds is 1. The smallest absolute Gasteiger partial charge is 0.258 e. The molecule has 0 N–H and O–H groups in total. The minimum absolute atomic E-state index is 0.0620. The third kappa shape index (κ3) is 2.01. The van der Waals surface area contributed by atoms with Crippen molar-refractivity contribution in [1.82, 2.24) is 0 Å². The Balaban J connectivity index is 1.95. The molecule has 0 saturated carbocycles. The van der Waals surface area contributed by atoms with E-state index in [4.69, 9.17) is 0 Å². The summed E-state index contributed by atoms with van der Waals surface area (Å²) < 4.78 is 13.3. The maximum atomic E-state index is 13.3. The molecule has 1 heterocycles. The van der Waals surface area contributed by atoms with Crippen molar-refractivity contribution >= 4 is 11.6 Å². The number of benzene rings is 2. The second kappa shape index (κ2) is 4.50. The standard InChI is InChI=1S/C16H14FNO/c1-11-10-13(6-7-14(11)17)16(19)18-9-8-12-4-2-3-5-15(12)18/h2-7,10H,8-9H2,1H3. The predicted molar refractivity (Wildman–Crippen MR) is 73.0 cm³/mol. The van der Waals surface area contributed by atoms with Crippen LogP contribution in [0.1, 0.15) is 21.5 Å². The molecule has 0 aliphatic carbocycles. The van der Waals surface area contributed by atoms with E-state index in [1.54, 1.807) is 24.0 Å². The molecule has 3 heteroatoms. The van der Waals surface area contributed by atoms with Crippen LogP contribution in [0.15, 0.2) is 42.5 Å². The van der Waals surface area contributed by atoms with E-state index in [2.05, 4.69) is 0 Å². The summed E-state index contributed by atoms with van der Waals surface area (Å²) in [6.07, 6.45) is 0.877. The van der Waals surface area contributed by atoms with E-state index in [0.717, 1.165) is 12.1 Å². The summed E-state index contributed by atoms with van der Waals surface area (Å²) in [5, 5.41) is 0. The summed E-state index contributed by atoms with van der Waals surface area (Å²) in [4.78, 5) is 14.2. The van der Waals surface area contributed by atoms with Gasteiger partial charge in [0.25, 0.3) is 5.91 Å². The molecule has 2 aromatic rings. The van der Waals surface area contributed by atoms with Crippen LogP contribution in [0.25, 0.3) is 0 Å². The van der Waals surface area contributed by atoms with Crippen molar-refractivity contribution in [3.8, 4) is 0 Å². The maximum absolute atomic E-state index is 13.3. The molecule has 2 nitrogen and oxygen atoms in total. The topological polar surface area (TPSA) is 20.3 Å². The second-order valence-electron chi connectivity index (χ2n) is 4.80. The van der Waals surface area contributed by atoms with Crippen LogP contribution < -0.4 is 4.90 Å². The third-order valence-corrected chi connectivity index (χ3v) is 3.54. The van der Waals surface area contributed by atoms with Gasteiger partial charge in [-0.2, -0.15) is 0 Å². The van der Waals surface area contributed by atoms with Crippen molar-refractivity contribution in [1.29, 1.82) is 0 Å². The Morgan fingerprint density at radius 2 is 2.00 bits per heavy atom. The van der Waals surface area contributed by atoms with E-state index >= 15 is 0 Å². The lowest BCUT2D eigenvalue weighted by molar-refractivity contribution is 0.0989. The molecular weight excluding hydrogens is 241 g/mol. The zero-order valence-corrected chi connectivity index (χ0v) is 10.7. The van der Waals surface area contributed by atoms with Gasteiger partial charge in [0.15, 0.2) is 0 Å². The Hall–Kier alpha value is -2.16. The lowest BCUT2D eigenvalue weighted by Crippen LogP contribution is -2.28. The van der Waals surface area contributed by atoms with Gasteiger partial charge in [0.2, 0.25) is 0 Å². The first-order valence-corrected chi connectivity index (χ1v) is 6.33. The molecule has 3 rings (SSSR count). The third-order valence-electron chi connectivity index (χ3n) is 3.54. The molecule has 0 fully saturated rings. The predicted octanol–water partition coefficient (Wildman–Crippen LogP) is 3.34. The van der Waals surface area contributed by atoms with Crippen LogP contribution in [-0.4, -0.2) is 12.5 Å². The zero-order valence-electron chi connectivity index (χ0n) is 10.7. The molecule has 0 aromatic heterocycles. The van der Waals surface area contributed by atoms with Gasteiger partial charge in [-0.25, -0.2) is 4.39 Å². The highest BCUT2D eigenvalue weighted by Crippen LogP contribution is 2.29. The van der Waals surface area contributed by atoms with E-state index in [-0.39, 0.29) is 11.7 Å². The Morgan fingerprint density at radius 1 is 1.21 bits per heavy atom. The minimum Gasteiger partial charge on any atom is -0.308 e. The van der Waals surface area contributed by atoms with Gasteiger partial charge in [-0.05, 0) is 48.7 Å². The van der Waals surface area contributed by atoms with Gasteiger partial charge in [-0.15, -0.1) is 0 Å². The maximum Gasteiger partial charge on any atom is 0.258 e. The average molecular weight is 255 g/mol. The van der Waals surface area contributed by atoms with Crippen molar-refractivity contribution < 1.29 is 9.18 Å². The Bertz CT molecular complexity index is 651. The normalized spacial score (nSPS) is 13.5. The van der Waals surface area contributed by atoms with Gasteiger partial charge in [-0.3, -0.25) is 4.79 Å². The van der Waals surface area contributed by atoms with Gasteiger partial charge in [-0.1, -0.05) is 18.2 Å². The Kier molecular flexibility index (Phi) is 2.82. The highest BCUT2D eigenvalue weighted by Gasteiger charge is 2.25. The van der Waals surface area contributed by atoms with Gasteiger partial charge >= 0.3 is 0 Å². The quantitative estimate of drug-likeness (QED) is 0.765. The van der Waals surface area contributed by atoms with E-state index in [0.29, 0.717) is 17.7 Å². The van der Waals surface area contributed by atoms with Crippen LogP contribution in [0.4, 0.5) is 10.1 Å². The second-order valence-corrected chi connectivity index (χ2v) is 4.80. The van der Waals surface area contributed by atoms with E-state index < -0.39 is 0 Å². The number of hydrogen-bond donors (Lipinski definition) is 0. The van der Waals surface area contributed by atoms with E-state index in [9.17, 15) is 9.18 Å². The van der Waals surface area contributed by atoms with Crippen molar-refractivity contribution in [2.75, 3.05) is 11.4 Å². The number of aryl methyl sites for hydroxylation is 1. The number of carbonyl (C=O) groups is 1. The monoisotopic (exact) mass is 255 g/mol. The number of nitrogens with zero attached hydrogens (tertiary/aromatic N) is 1. The number of hydrogen-bond acceptors (Lipinski definition) is 1. The van der Waals surface area contributed by atoms with Gasteiger partial charge in [0.1, 0.15) is 5.82 Å². The van der Waals surface area contributed by atoms with Crippen molar-refractivity contribution in [2.45, 2.75) is 13.3 Å². The number of amides is 1. The lowest BCUT2D eigenvalue weighted by atomic mass is 10.1. The molecule has 0 unspecified atom stereocenters. The van der Waals surface area contributed by atoms with Crippen LogP contribution >= 0.6 is 0 Å². The fourth-order valence-corrected chi connectivity index (χ4v) is 2.48. The first-order chi connectivity index (χ1) is 9.16. The van der Waals surface area contributed by atoms with Crippen molar-refractivity contribution in [3.05, 3.63) is 65.0 Å². The largest absolute Gasteiger partial charge is 0.308 e. The zero-order chi connectivity index (χ0) is 13.4. The molecule has 1 aliphatic heterocycles. The molecule has 96 valence electrons. The number of carbonyl (C=O) groups excluding carboxylic acids is 1. The van der Waals surface area contributed by atoms with E-state index in [1.807, 2.05) is 24.3 Å². The Labute approximate surface area is 111 Å². The molecule has 0 saturated heterocycles. The highest BCUT2D eigenvalue weighted by atomic mass is 19.1. The Morgan fingerprint density at radius 3 is 2.79 bits per heavy atom. The van der Waals surface area contributed by atoms with Gasteiger partial charge in [0.05, 0.1) is 0 Å². The summed E-state index contributed by atoms with van der Waals surface area (Å²) in [5.41, 5.74) is 3.19. The molecular formula is C16H14FNO. The van der Waals surface area contributed by atoms with Crippen LogP contribution in [0.3, 0.4) is 0 Å². The van der Waals surface area contributed by atoms with Crippen LogP contribution in [0, 0.1) is 12.7 Å². The van der Waals surface area contributed by atoms with Gasteiger partial charge in [0, 0.05) is 17.8 Å². The fourth-order valence-electron chi connectivity index (χ4n) is 2.48. The fraction of sp³-hybridized carbons (Fsp3) is 0.188. The average Bonchev–Trinajstić information content (AvgIpc) is 2.85. The van der Waals surface area contributed by atoms with Gasteiger partial charge < -0.3 is 4.90 Å². The van der Waals surface area contributed by atoms with Crippen molar-refractivity contribution in [3.63, 3.8) is 0 Å². The number of para-hydroxylation sites is 1. The first kappa shape index (κ1) is 11.9. The highest BCUT2D eigenvalue weighted by molar-refractivity contribution is 6.07. The minimum atomic E-state index is -0.279. The SMILES string of the molecule is Cc1cc(C(=O)N2CCc3ccccc32)ccc1F. The molecule has 19 heavy (non-hydrogen) atoms. The number of halogens is 1. The van der Waals surface area contributed by atoms with Crippen LogP contribution in [0.5, 0.6) is 0 Å². The molecule has 0 bridgehead atoms. The lowest BCUT2D eigenvalue weighted by Gasteiger charge is -2.17. The number of anilines is 1. The molecule has 1 aliphatic rings. The molecule has 0 radical (unpaired) electrons. The van der Waals surface area contributed by atoms with Crippen LogP contribution in [-0.2, 0) is 6.42 Å². The molecule has 1 amide bonds. The summed E-state index contributed by atoms with van der Waals surface area (Å²) >= 11 is 0. The summed E-state index contributed by atoms with van der Waals surface area (Å²) in [6, 6.07) is 12.4. The first-order valence-electron chi connectivity index (χ1n) is 6.33. The summed E-state index contributed by atoms with van der Waals surface area (Å²) in [5.74, 6) is -0.341. The molecule has 0 atom stereocenters. The number of fused-ring (bicyclic) bond motifs is 1. The summed E-state index contributed by atoms with van der Waals surface area (Å²) in [7, 11) is 0. The molecule has 2 aromatic carbocycles. The van der Waals surface area contributed by atoms with Crippen molar-refractivity contribution in [2.24, 2.45) is 0 Å².